The van der Waals surface area contributed by atoms with E-state index in [-0.39, 0.29) is 30.8 Å². The van der Waals surface area contributed by atoms with Gasteiger partial charge in [-0.3, -0.25) is 4.79 Å². The van der Waals surface area contributed by atoms with E-state index in [4.69, 9.17) is 33.5 Å². The number of aldehydes is 1. The molecule has 2 unspecified atom stereocenters. The third kappa shape index (κ3) is 15.4. The Morgan fingerprint density at radius 2 is 1.17 bits per heavy atom. The Kier molecular flexibility index (Phi) is 18.8. The van der Waals surface area contributed by atoms with E-state index < -0.39 is 29.8 Å². The van der Waals surface area contributed by atoms with E-state index in [1.54, 1.807) is 28.1 Å². The summed E-state index contributed by atoms with van der Waals surface area (Å²) in [6.07, 6.45) is 9.24. The number of allylic oxidation sites excluding steroid dienone is 2. The zero-order chi connectivity index (χ0) is 31.8. The summed E-state index contributed by atoms with van der Waals surface area (Å²) < 4.78 is 34.0. The summed E-state index contributed by atoms with van der Waals surface area (Å²) in [5, 5.41) is 8.97. The summed E-state index contributed by atoms with van der Waals surface area (Å²) in [6.45, 7) is 19.9. The number of carboxylic acid groups (broad SMARTS) is 1. The van der Waals surface area contributed by atoms with Crippen LogP contribution in [-0.4, -0.2) is 79.8 Å². The molecule has 6 atom stereocenters. The van der Waals surface area contributed by atoms with Crippen LogP contribution >= 0.6 is 0 Å². The predicted octanol–water partition coefficient (Wildman–Crippen LogP) is 6.34. The molecule has 2 aliphatic heterocycles. The van der Waals surface area contributed by atoms with Crippen molar-refractivity contribution in [3.05, 3.63) is 24.3 Å². The maximum absolute atomic E-state index is 10.9. The zero-order valence-corrected chi connectivity index (χ0v) is 27.5. The average molecular weight is 587 g/mol. The number of methoxy groups -OCH3 is 2. The van der Waals surface area contributed by atoms with Gasteiger partial charge in [-0.25, -0.2) is 0 Å². The quantitative estimate of drug-likeness (QED) is 0.184. The highest BCUT2D eigenvalue weighted by Gasteiger charge is 2.46. The Bertz CT molecular complexity index is 788. The van der Waals surface area contributed by atoms with E-state index in [2.05, 4.69) is 33.8 Å². The summed E-state index contributed by atoms with van der Waals surface area (Å²) in [5.41, 5.74) is 0. The fourth-order valence-corrected chi connectivity index (χ4v) is 4.50. The van der Waals surface area contributed by atoms with Crippen molar-refractivity contribution in [2.45, 2.75) is 143 Å². The number of carbonyl (C=O) groups is 2. The summed E-state index contributed by atoms with van der Waals surface area (Å²) >= 11 is 0. The smallest absolute Gasteiger partial charge is 0.306 e. The lowest BCUT2D eigenvalue weighted by Crippen LogP contribution is -2.36. The Hall–Kier alpha value is -1.62. The third-order valence-electron chi connectivity index (χ3n) is 6.21. The number of hydrogen-bond acceptors (Lipinski definition) is 8. The molecule has 0 aliphatic carbocycles. The minimum absolute atomic E-state index is 0.0913. The Morgan fingerprint density at radius 1 is 0.780 bits per heavy atom. The summed E-state index contributed by atoms with van der Waals surface area (Å²) in [6, 6.07) is 0. The largest absolute Gasteiger partial charge is 0.481 e. The molecule has 2 saturated heterocycles. The molecule has 9 nitrogen and oxygen atoms in total. The van der Waals surface area contributed by atoms with Crippen molar-refractivity contribution < 1.29 is 43.1 Å². The topological polar surface area (TPSA) is 110 Å². The first-order valence-corrected chi connectivity index (χ1v) is 14.9. The van der Waals surface area contributed by atoms with Gasteiger partial charge in [-0.15, -0.1) is 0 Å². The molecular weight excluding hydrogens is 528 g/mol. The first-order valence-electron chi connectivity index (χ1n) is 14.9. The van der Waals surface area contributed by atoms with E-state index in [0.29, 0.717) is 18.3 Å². The molecule has 0 radical (unpaired) electrons. The van der Waals surface area contributed by atoms with Crippen LogP contribution in [0, 0.1) is 11.8 Å². The normalized spacial score (nSPS) is 26.5. The first-order chi connectivity index (χ1) is 19.1. The molecule has 0 aromatic heterocycles. The lowest BCUT2D eigenvalue weighted by molar-refractivity contribution is -0.157. The lowest BCUT2D eigenvalue weighted by atomic mass is 10.0. The van der Waals surface area contributed by atoms with E-state index in [0.717, 1.165) is 19.1 Å². The van der Waals surface area contributed by atoms with Gasteiger partial charge in [-0.1, -0.05) is 65.8 Å². The highest BCUT2D eigenvalue weighted by molar-refractivity contribution is 5.67. The summed E-state index contributed by atoms with van der Waals surface area (Å²) in [7, 11) is 3.24. The maximum Gasteiger partial charge on any atom is 0.306 e. The molecule has 2 rings (SSSR count). The molecule has 1 N–H and O–H groups in total. The standard InChI is InChI=1S/C15H26O5.C15H26O4.C2H6/c1-10(2)7-6-8-11(18-5)14-12(9-13(16)17)19-15(3,4)20-14;1-11(2)7-6-8-12(17-5)14-13(9-10-16)18-15(3,4)19-14;1-2/h6,8,10-12,14H,7,9H2,1-5H3,(H,16,17);6,8,10-14H,7,9H2,1-5H3;1-2H3/b2*8-6-;/t11?,12-,14+;12?,13-,14+;/m00./s1. The molecule has 0 aromatic rings. The number of carboxylic acids is 1. The van der Waals surface area contributed by atoms with Crippen LogP contribution in [0.4, 0.5) is 0 Å². The highest BCUT2D eigenvalue weighted by Crippen LogP contribution is 2.34. The fourth-order valence-electron chi connectivity index (χ4n) is 4.50. The van der Waals surface area contributed by atoms with Crippen molar-refractivity contribution in [2.75, 3.05) is 14.2 Å². The van der Waals surface area contributed by atoms with Gasteiger partial charge >= 0.3 is 5.97 Å². The Morgan fingerprint density at radius 3 is 1.51 bits per heavy atom. The Balaban J connectivity index is 0.000000737. The second-order valence-corrected chi connectivity index (χ2v) is 11.8. The van der Waals surface area contributed by atoms with Gasteiger partial charge in [0.15, 0.2) is 11.6 Å². The molecule has 9 heteroatoms. The molecule has 2 fully saturated rings. The van der Waals surface area contributed by atoms with Gasteiger partial charge in [-0.05, 0) is 52.4 Å². The number of carbonyl (C=O) groups excluding carboxylic acids is 1. The van der Waals surface area contributed by atoms with Crippen LogP contribution in [0.3, 0.4) is 0 Å². The predicted molar refractivity (Wildman–Crippen MR) is 161 cm³/mol. The van der Waals surface area contributed by atoms with Crippen LogP contribution < -0.4 is 0 Å². The van der Waals surface area contributed by atoms with Gasteiger partial charge in [0, 0.05) is 20.6 Å². The van der Waals surface area contributed by atoms with Gasteiger partial charge < -0.3 is 38.3 Å². The second kappa shape index (κ2) is 19.5. The molecule has 0 aromatic carbocycles. The van der Waals surface area contributed by atoms with Crippen LogP contribution in [0.1, 0.15) is 94.9 Å². The highest BCUT2D eigenvalue weighted by atomic mass is 16.8. The molecule has 2 heterocycles. The average Bonchev–Trinajstić information content (AvgIpc) is 3.34. The molecule has 240 valence electrons. The van der Waals surface area contributed by atoms with Crippen molar-refractivity contribution >= 4 is 12.3 Å². The molecule has 0 bridgehead atoms. The molecule has 0 saturated carbocycles. The van der Waals surface area contributed by atoms with Crippen molar-refractivity contribution in [3.63, 3.8) is 0 Å². The zero-order valence-electron chi connectivity index (χ0n) is 27.5. The van der Waals surface area contributed by atoms with Crippen LogP contribution in [0.15, 0.2) is 24.3 Å². The molecule has 0 amide bonds. The molecule has 41 heavy (non-hydrogen) atoms. The minimum Gasteiger partial charge on any atom is -0.481 e. The van der Waals surface area contributed by atoms with Crippen LogP contribution in [0.25, 0.3) is 0 Å². The number of aliphatic carboxylic acids is 1. The summed E-state index contributed by atoms with van der Waals surface area (Å²) in [4.78, 5) is 21.7. The van der Waals surface area contributed by atoms with E-state index in [9.17, 15) is 9.59 Å². The molecular formula is C32H58O9. The number of rotatable bonds is 14. The van der Waals surface area contributed by atoms with E-state index >= 15 is 0 Å². The monoisotopic (exact) mass is 586 g/mol. The molecule has 2 aliphatic rings. The van der Waals surface area contributed by atoms with Crippen LogP contribution in [0.5, 0.6) is 0 Å². The van der Waals surface area contributed by atoms with Crippen molar-refractivity contribution in [3.8, 4) is 0 Å². The van der Waals surface area contributed by atoms with E-state index in [1.165, 1.54) is 0 Å². The minimum atomic E-state index is -0.901. The van der Waals surface area contributed by atoms with Gasteiger partial charge in [0.1, 0.15) is 36.8 Å². The first kappa shape index (κ1) is 39.4. The van der Waals surface area contributed by atoms with E-state index in [1.807, 2.05) is 45.9 Å². The maximum atomic E-state index is 10.9. The molecule has 0 spiro atoms. The van der Waals surface area contributed by atoms with Crippen molar-refractivity contribution in [1.29, 1.82) is 0 Å². The van der Waals surface area contributed by atoms with Gasteiger partial charge in [0.2, 0.25) is 0 Å². The second-order valence-electron chi connectivity index (χ2n) is 11.8. The van der Waals surface area contributed by atoms with Crippen molar-refractivity contribution in [1.82, 2.24) is 0 Å². The SMILES string of the molecule is CC.COC(/C=C\CC(C)C)[C@H]1OC(C)(C)O[C@H]1CC(=O)O.COC(/C=C\CC(C)C)[C@H]1OC(C)(C)O[C@H]1CC=O. The van der Waals surface area contributed by atoms with Gasteiger partial charge in [0.05, 0.1) is 12.5 Å². The van der Waals surface area contributed by atoms with Crippen LogP contribution in [0.2, 0.25) is 0 Å². The van der Waals surface area contributed by atoms with Gasteiger partial charge in [0.25, 0.3) is 0 Å². The summed E-state index contributed by atoms with van der Waals surface area (Å²) in [5.74, 6) is -1.18. The van der Waals surface area contributed by atoms with Gasteiger partial charge in [-0.2, -0.15) is 0 Å². The number of ether oxygens (including phenoxy) is 6. The third-order valence-corrected chi connectivity index (χ3v) is 6.21. The Labute approximate surface area is 248 Å². The lowest BCUT2D eigenvalue weighted by Gasteiger charge is -2.22. The fraction of sp³-hybridized carbons (Fsp3) is 0.812. The number of hydrogen-bond donors (Lipinski definition) is 1. The van der Waals surface area contributed by atoms with Crippen LogP contribution in [-0.2, 0) is 38.0 Å². The van der Waals surface area contributed by atoms with Crippen molar-refractivity contribution in [2.24, 2.45) is 11.8 Å².